The van der Waals surface area contributed by atoms with Crippen molar-refractivity contribution in [2.45, 2.75) is 18.2 Å². The topological polar surface area (TPSA) is 52.1 Å². The Morgan fingerprint density at radius 2 is 1.83 bits per heavy atom. The molecule has 1 aromatic carbocycles. The first-order chi connectivity index (χ1) is 11.0. The molecule has 0 spiro atoms. The molecule has 0 aliphatic rings. The van der Waals surface area contributed by atoms with E-state index in [2.05, 4.69) is 9.97 Å². The Hall–Kier alpha value is -1.01. The quantitative estimate of drug-likeness (QED) is 0.503. The Labute approximate surface area is 153 Å². The van der Waals surface area contributed by atoms with Crippen LogP contribution in [-0.4, -0.2) is 28.3 Å². The highest BCUT2D eigenvalue weighted by molar-refractivity contribution is 7.99. The lowest BCUT2D eigenvalue weighted by Gasteiger charge is -2.10. The molecule has 0 saturated carbocycles. The van der Waals surface area contributed by atoms with Gasteiger partial charge in [0.2, 0.25) is 0 Å². The zero-order chi connectivity index (χ0) is 16.8. The number of hydrogen-bond donors (Lipinski definition) is 0. The minimum absolute atomic E-state index is 0.0628. The molecule has 1 heterocycles. The lowest BCUT2D eigenvalue weighted by Crippen LogP contribution is -2.04. The normalized spacial score (nSPS) is 10.6. The van der Waals surface area contributed by atoms with E-state index in [0.29, 0.717) is 24.5 Å². The first-order valence-electron chi connectivity index (χ1n) is 6.79. The summed E-state index contributed by atoms with van der Waals surface area (Å²) in [7, 11) is 0. The molecule has 23 heavy (non-hydrogen) atoms. The van der Waals surface area contributed by atoms with Crippen molar-refractivity contribution in [1.82, 2.24) is 9.97 Å². The molecule has 0 radical (unpaired) electrons. The van der Waals surface area contributed by atoms with Crippen molar-refractivity contribution in [3.05, 3.63) is 39.7 Å². The number of esters is 1. The van der Waals surface area contributed by atoms with Gasteiger partial charge < -0.3 is 4.74 Å². The highest BCUT2D eigenvalue weighted by atomic mass is 35.5. The van der Waals surface area contributed by atoms with Gasteiger partial charge in [-0.25, -0.2) is 9.97 Å². The van der Waals surface area contributed by atoms with Gasteiger partial charge >= 0.3 is 5.97 Å². The Balaban J connectivity index is 2.21. The largest absolute Gasteiger partial charge is 0.466 e. The first-order valence-corrected chi connectivity index (χ1v) is 8.91. The van der Waals surface area contributed by atoms with E-state index in [0.717, 1.165) is 10.5 Å². The van der Waals surface area contributed by atoms with E-state index >= 15 is 0 Å². The Morgan fingerprint density at radius 3 is 2.57 bits per heavy atom. The van der Waals surface area contributed by atoms with Crippen LogP contribution in [0.1, 0.15) is 13.3 Å². The molecule has 0 bridgehead atoms. The minimum atomic E-state index is -0.218. The Morgan fingerprint density at radius 1 is 1.13 bits per heavy atom. The van der Waals surface area contributed by atoms with Crippen LogP contribution in [0.5, 0.6) is 0 Å². The second-order valence-electron chi connectivity index (χ2n) is 4.34. The third-order valence-corrected chi connectivity index (χ3v) is 4.75. The first kappa shape index (κ1) is 18.3. The monoisotopic (exact) mass is 390 g/mol. The van der Waals surface area contributed by atoms with E-state index in [1.165, 1.54) is 11.8 Å². The second-order valence-corrected chi connectivity index (χ2v) is 6.56. The van der Waals surface area contributed by atoms with Crippen molar-refractivity contribution < 1.29 is 9.53 Å². The number of hydrogen-bond acceptors (Lipinski definition) is 5. The van der Waals surface area contributed by atoms with Crippen LogP contribution in [0.15, 0.2) is 29.2 Å². The van der Waals surface area contributed by atoms with Gasteiger partial charge in [0.1, 0.15) is 5.69 Å². The number of ether oxygens (including phenoxy) is 1. The summed E-state index contributed by atoms with van der Waals surface area (Å²) in [5.41, 5.74) is 1.25. The number of rotatable bonds is 6. The molecule has 0 aliphatic carbocycles. The molecule has 122 valence electrons. The number of halogens is 3. The van der Waals surface area contributed by atoms with Gasteiger partial charge in [-0.1, -0.05) is 53.0 Å². The van der Waals surface area contributed by atoms with Gasteiger partial charge in [-0.2, -0.15) is 0 Å². The van der Waals surface area contributed by atoms with Crippen LogP contribution in [0.25, 0.3) is 11.3 Å². The van der Waals surface area contributed by atoms with Crippen molar-refractivity contribution in [2.75, 3.05) is 12.4 Å². The maximum Gasteiger partial charge on any atom is 0.306 e. The summed E-state index contributed by atoms with van der Waals surface area (Å²) in [5.74, 6) is 0.368. The number of benzene rings is 1. The molecule has 4 nitrogen and oxygen atoms in total. The highest BCUT2D eigenvalue weighted by Crippen LogP contribution is 2.35. The third-order valence-electron chi connectivity index (χ3n) is 2.78. The molecular formula is C15H13Cl3N2O2S. The fourth-order valence-electron chi connectivity index (χ4n) is 1.81. The van der Waals surface area contributed by atoms with Crippen LogP contribution in [0, 0.1) is 0 Å². The standard InChI is InChI=1S/C15H13Cl3N2O2S/c1-2-22-11(21)7-8-23-10-6-4-3-5-9(10)12-13(16)20-15(18)14(17)19-12/h3-6H,2,7-8H2,1H3. The molecule has 0 saturated heterocycles. The zero-order valence-corrected chi connectivity index (χ0v) is 15.3. The van der Waals surface area contributed by atoms with Crippen molar-refractivity contribution in [2.24, 2.45) is 0 Å². The summed E-state index contributed by atoms with van der Waals surface area (Å²) in [6.07, 6.45) is 0.327. The fraction of sp³-hybridized carbons (Fsp3) is 0.267. The Bertz CT molecular complexity index is 713. The molecule has 0 unspecified atom stereocenters. The average Bonchev–Trinajstić information content (AvgIpc) is 2.52. The molecule has 1 aromatic heterocycles. The average molecular weight is 392 g/mol. The molecular weight excluding hydrogens is 379 g/mol. The molecule has 0 aliphatic heterocycles. The van der Waals surface area contributed by atoms with E-state index in [4.69, 9.17) is 39.5 Å². The highest BCUT2D eigenvalue weighted by Gasteiger charge is 2.15. The van der Waals surface area contributed by atoms with Gasteiger partial charge in [-0.15, -0.1) is 11.8 Å². The lowest BCUT2D eigenvalue weighted by atomic mass is 10.1. The van der Waals surface area contributed by atoms with Gasteiger partial charge in [0.25, 0.3) is 0 Å². The van der Waals surface area contributed by atoms with E-state index in [1.54, 1.807) is 6.92 Å². The van der Waals surface area contributed by atoms with Crippen molar-refractivity contribution in [1.29, 1.82) is 0 Å². The van der Waals surface area contributed by atoms with Gasteiger partial charge in [-0.3, -0.25) is 4.79 Å². The van der Waals surface area contributed by atoms with Gasteiger partial charge in [-0.05, 0) is 13.0 Å². The number of aromatic nitrogens is 2. The number of nitrogens with zero attached hydrogens (tertiary/aromatic N) is 2. The van der Waals surface area contributed by atoms with Crippen molar-refractivity contribution in [3.63, 3.8) is 0 Å². The maximum atomic E-state index is 11.4. The predicted octanol–water partition coefficient (Wildman–Crippen LogP) is 5.15. The molecule has 0 N–H and O–H groups in total. The van der Waals surface area contributed by atoms with E-state index in [-0.39, 0.29) is 21.4 Å². The van der Waals surface area contributed by atoms with Crippen LogP contribution in [0.2, 0.25) is 15.5 Å². The zero-order valence-electron chi connectivity index (χ0n) is 12.2. The summed E-state index contributed by atoms with van der Waals surface area (Å²) in [6, 6.07) is 7.55. The summed E-state index contributed by atoms with van der Waals surface area (Å²) in [6.45, 7) is 2.17. The number of carbonyl (C=O) groups is 1. The van der Waals surface area contributed by atoms with Crippen molar-refractivity contribution >= 4 is 52.5 Å². The third kappa shape index (κ3) is 4.98. The van der Waals surface area contributed by atoms with E-state index in [1.807, 2.05) is 24.3 Å². The van der Waals surface area contributed by atoms with Crippen LogP contribution in [0.3, 0.4) is 0 Å². The molecule has 0 amide bonds. The van der Waals surface area contributed by atoms with Crippen LogP contribution < -0.4 is 0 Å². The van der Waals surface area contributed by atoms with Crippen LogP contribution >= 0.6 is 46.6 Å². The number of carbonyl (C=O) groups excluding carboxylic acids is 1. The van der Waals surface area contributed by atoms with Crippen LogP contribution in [-0.2, 0) is 9.53 Å². The summed E-state index contributed by atoms with van der Waals surface area (Å²) in [5, 5.41) is 0.336. The molecule has 0 fully saturated rings. The lowest BCUT2D eigenvalue weighted by molar-refractivity contribution is -0.142. The summed E-state index contributed by atoms with van der Waals surface area (Å²) >= 11 is 19.4. The SMILES string of the molecule is CCOC(=O)CCSc1ccccc1-c1nc(Cl)c(Cl)nc1Cl. The van der Waals surface area contributed by atoms with E-state index < -0.39 is 0 Å². The molecule has 2 aromatic rings. The second kappa shape index (κ2) is 8.73. The smallest absolute Gasteiger partial charge is 0.306 e. The van der Waals surface area contributed by atoms with Crippen molar-refractivity contribution in [3.8, 4) is 11.3 Å². The van der Waals surface area contributed by atoms with Gasteiger partial charge in [0.05, 0.1) is 13.0 Å². The summed E-state index contributed by atoms with van der Waals surface area (Å²) < 4.78 is 4.91. The maximum absolute atomic E-state index is 11.4. The fourth-order valence-corrected chi connectivity index (χ4v) is 3.32. The molecule has 0 atom stereocenters. The van der Waals surface area contributed by atoms with Gasteiger partial charge in [0.15, 0.2) is 15.5 Å². The van der Waals surface area contributed by atoms with E-state index in [9.17, 15) is 4.79 Å². The molecule has 8 heteroatoms. The minimum Gasteiger partial charge on any atom is -0.466 e. The van der Waals surface area contributed by atoms with Crippen LogP contribution in [0.4, 0.5) is 0 Å². The summed E-state index contributed by atoms with van der Waals surface area (Å²) in [4.78, 5) is 20.5. The Kier molecular flexibility index (Phi) is 6.96. The van der Waals surface area contributed by atoms with Gasteiger partial charge in [0, 0.05) is 16.2 Å². The number of thioether (sulfide) groups is 1. The predicted molar refractivity (Wildman–Crippen MR) is 94.5 cm³/mol. The molecule has 2 rings (SSSR count).